The highest BCUT2D eigenvalue weighted by Crippen LogP contribution is 2.19. The number of halogens is 2. The summed E-state index contributed by atoms with van der Waals surface area (Å²) in [7, 11) is 0. The summed E-state index contributed by atoms with van der Waals surface area (Å²) < 4.78 is 13.5. The number of benzene rings is 1. The van der Waals surface area contributed by atoms with Gasteiger partial charge in [0.15, 0.2) is 0 Å². The summed E-state index contributed by atoms with van der Waals surface area (Å²) >= 11 is 3.13. The third-order valence-electron chi connectivity index (χ3n) is 3.37. The molecule has 1 atom stereocenters. The summed E-state index contributed by atoms with van der Waals surface area (Å²) in [6.07, 6.45) is 3.89. The second kappa shape index (κ2) is 8.43. The van der Waals surface area contributed by atoms with E-state index < -0.39 is 0 Å². The highest BCUT2D eigenvalue weighted by Gasteiger charge is 2.10. The Morgan fingerprint density at radius 3 is 2.74 bits per heavy atom. The number of Topliss-reactive ketones (excluding diaryl/α,β-unsaturated/α-hetero) is 1. The fraction of sp³-hybridized carbons (Fsp3) is 0.533. The molecule has 2 N–H and O–H groups in total. The zero-order valence-corrected chi connectivity index (χ0v) is 12.9. The van der Waals surface area contributed by atoms with Crippen LogP contribution in [0.4, 0.5) is 4.39 Å². The summed E-state index contributed by atoms with van der Waals surface area (Å²) in [5.41, 5.74) is 6.39. The molecule has 1 unspecified atom stereocenters. The SMILES string of the molecule is CCC(CCN)CCC(=O)Cc1ccc(F)c(Br)c1. The first-order chi connectivity index (χ1) is 9.06. The zero-order valence-electron chi connectivity index (χ0n) is 11.3. The molecule has 0 amide bonds. The lowest BCUT2D eigenvalue weighted by atomic mass is 9.94. The van der Waals surface area contributed by atoms with E-state index in [4.69, 9.17) is 5.73 Å². The number of hydrogen-bond donors (Lipinski definition) is 1. The van der Waals surface area contributed by atoms with Gasteiger partial charge in [0.2, 0.25) is 0 Å². The van der Waals surface area contributed by atoms with Crippen molar-refractivity contribution in [2.45, 2.75) is 39.0 Å². The van der Waals surface area contributed by atoms with Crippen LogP contribution in [0, 0.1) is 11.7 Å². The van der Waals surface area contributed by atoms with Crippen LogP contribution in [0.25, 0.3) is 0 Å². The first-order valence-electron chi connectivity index (χ1n) is 6.72. The molecule has 4 heteroatoms. The van der Waals surface area contributed by atoms with Gasteiger partial charge in [-0.05, 0) is 58.9 Å². The standard InChI is InChI=1S/C15H21BrFNO/c1-2-11(7-8-18)3-5-13(19)9-12-4-6-15(17)14(16)10-12/h4,6,10-11H,2-3,5,7-9,18H2,1H3. The van der Waals surface area contributed by atoms with Gasteiger partial charge in [-0.3, -0.25) is 4.79 Å². The van der Waals surface area contributed by atoms with Crippen molar-refractivity contribution >= 4 is 21.7 Å². The third kappa shape index (κ3) is 5.83. The summed E-state index contributed by atoms with van der Waals surface area (Å²) in [6, 6.07) is 4.72. The van der Waals surface area contributed by atoms with Crippen LogP contribution in [0.1, 0.15) is 38.2 Å². The quantitative estimate of drug-likeness (QED) is 0.787. The summed E-state index contributed by atoms with van der Waals surface area (Å²) in [6.45, 7) is 2.81. The Bertz CT molecular complexity index is 423. The van der Waals surface area contributed by atoms with Crippen molar-refractivity contribution < 1.29 is 9.18 Å². The minimum atomic E-state index is -0.301. The van der Waals surface area contributed by atoms with E-state index in [1.165, 1.54) is 6.07 Å². The molecule has 1 aromatic rings. The smallest absolute Gasteiger partial charge is 0.137 e. The van der Waals surface area contributed by atoms with Gasteiger partial charge in [-0.1, -0.05) is 19.4 Å². The number of ketones is 1. The Morgan fingerprint density at radius 1 is 1.42 bits per heavy atom. The number of carbonyl (C=O) groups is 1. The molecule has 0 saturated carbocycles. The van der Waals surface area contributed by atoms with Crippen LogP contribution in [0.2, 0.25) is 0 Å². The Balaban J connectivity index is 2.44. The molecule has 0 aliphatic carbocycles. The Morgan fingerprint density at radius 2 is 2.16 bits per heavy atom. The van der Waals surface area contributed by atoms with Crippen molar-refractivity contribution in [1.82, 2.24) is 0 Å². The molecular weight excluding hydrogens is 309 g/mol. The second-order valence-corrected chi connectivity index (χ2v) is 5.71. The van der Waals surface area contributed by atoms with Gasteiger partial charge in [0.1, 0.15) is 11.6 Å². The van der Waals surface area contributed by atoms with Gasteiger partial charge >= 0.3 is 0 Å². The van der Waals surface area contributed by atoms with Gasteiger partial charge in [-0.25, -0.2) is 4.39 Å². The molecule has 0 aliphatic rings. The first-order valence-corrected chi connectivity index (χ1v) is 7.51. The van der Waals surface area contributed by atoms with Crippen molar-refractivity contribution in [1.29, 1.82) is 0 Å². The molecule has 0 aromatic heterocycles. The van der Waals surface area contributed by atoms with E-state index in [0.29, 0.717) is 29.8 Å². The molecule has 0 aliphatic heterocycles. The monoisotopic (exact) mass is 329 g/mol. The maximum atomic E-state index is 13.1. The minimum absolute atomic E-state index is 0.203. The largest absolute Gasteiger partial charge is 0.330 e. The molecule has 1 aromatic carbocycles. The van der Waals surface area contributed by atoms with E-state index in [9.17, 15) is 9.18 Å². The predicted molar refractivity (Wildman–Crippen MR) is 79.5 cm³/mol. The molecule has 0 fully saturated rings. The summed E-state index contributed by atoms with van der Waals surface area (Å²) in [5, 5.41) is 0. The van der Waals surface area contributed by atoms with Gasteiger partial charge in [-0.15, -0.1) is 0 Å². The van der Waals surface area contributed by atoms with Crippen LogP contribution < -0.4 is 5.73 Å². The van der Waals surface area contributed by atoms with Crippen LogP contribution >= 0.6 is 15.9 Å². The van der Waals surface area contributed by atoms with Crippen molar-refractivity contribution in [2.24, 2.45) is 11.7 Å². The van der Waals surface area contributed by atoms with Gasteiger partial charge in [0, 0.05) is 12.8 Å². The molecule has 1 rings (SSSR count). The Hall–Kier alpha value is -0.740. The lowest BCUT2D eigenvalue weighted by molar-refractivity contribution is -0.118. The van der Waals surface area contributed by atoms with E-state index in [-0.39, 0.29) is 11.6 Å². The molecule has 2 nitrogen and oxygen atoms in total. The zero-order chi connectivity index (χ0) is 14.3. The number of nitrogens with two attached hydrogens (primary N) is 1. The van der Waals surface area contributed by atoms with Gasteiger partial charge in [0.05, 0.1) is 4.47 Å². The van der Waals surface area contributed by atoms with Crippen LogP contribution in [0.15, 0.2) is 22.7 Å². The summed E-state index contributed by atoms with van der Waals surface area (Å²) in [5.74, 6) is 0.438. The van der Waals surface area contributed by atoms with Crippen LogP contribution in [-0.2, 0) is 11.2 Å². The molecular formula is C15H21BrFNO. The fourth-order valence-electron chi connectivity index (χ4n) is 2.12. The van der Waals surface area contributed by atoms with Crippen LogP contribution in [-0.4, -0.2) is 12.3 Å². The number of rotatable bonds is 8. The van der Waals surface area contributed by atoms with Gasteiger partial charge in [-0.2, -0.15) is 0 Å². The topological polar surface area (TPSA) is 43.1 Å². The normalized spacial score (nSPS) is 12.4. The highest BCUT2D eigenvalue weighted by molar-refractivity contribution is 9.10. The Labute approximate surface area is 122 Å². The molecule has 0 radical (unpaired) electrons. The van der Waals surface area contributed by atoms with Crippen LogP contribution in [0.5, 0.6) is 0 Å². The van der Waals surface area contributed by atoms with E-state index in [2.05, 4.69) is 22.9 Å². The van der Waals surface area contributed by atoms with Crippen LogP contribution in [0.3, 0.4) is 0 Å². The van der Waals surface area contributed by atoms with Crippen molar-refractivity contribution in [3.05, 3.63) is 34.1 Å². The molecule has 19 heavy (non-hydrogen) atoms. The second-order valence-electron chi connectivity index (χ2n) is 4.85. The molecule has 0 heterocycles. The maximum absolute atomic E-state index is 13.1. The van der Waals surface area contributed by atoms with Gasteiger partial charge < -0.3 is 5.73 Å². The van der Waals surface area contributed by atoms with E-state index >= 15 is 0 Å². The molecule has 0 saturated heterocycles. The minimum Gasteiger partial charge on any atom is -0.330 e. The summed E-state index contributed by atoms with van der Waals surface area (Å²) in [4.78, 5) is 11.9. The Kier molecular flexibility index (Phi) is 7.24. The van der Waals surface area contributed by atoms with E-state index in [1.807, 2.05) is 0 Å². The lowest BCUT2D eigenvalue weighted by Crippen LogP contribution is -2.11. The molecule has 106 valence electrons. The predicted octanol–water partition coefficient (Wildman–Crippen LogP) is 3.86. The van der Waals surface area contributed by atoms with Gasteiger partial charge in [0.25, 0.3) is 0 Å². The highest BCUT2D eigenvalue weighted by atomic mass is 79.9. The number of carbonyl (C=O) groups excluding carboxylic acids is 1. The average molecular weight is 330 g/mol. The lowest BCUT2D eigenvalue weighted by Gasteiger charge is -2.12. The van der Waals surface area contributed by atoms with Crippen molar-refractivity contribution in [3.63, 3.8) is 0 Å². The maximum Gasteiger partial charge on any atom is 0.137 e. The molecule has 0 bridgehead atoms. The van der Waals surface area contributed by atoms with E-state index in [1.54, 1.807) is 12.1 Å². The van der Waals surface area contributed by atoms with Crippen molar-refractivity contribution in [2.75, 3.05) is 6.54 Å². The average Bonchev–Trinajstić information content (AvgIpc) is 2.39. The first kappa shape index (κ1) is 16.3. The fourth-order valence-corrected chi connectivity index (χ4v) is 2.55. The number of hydrogen-bond acceptors (Lipinski definition) is 2. The van der Waals surface area contributed by atoms with Crippen molar-refractivity contribution in [3.8, 4) is 0 Å². The molecule has 0 spiro atoms. The van der Waals surface area contributed by atoms with E-state index in [0.717, 1.165) is 24.8 Å². The third-order valence-corrected chi connectivity index (χ3v) is 3.98.